The molecule has 1 aliphatic rings. The highest BCUT2D eigenvalue weighted by molar-refractivity contribution is 6.38. The van der Waals surface area contributed by atoms with Crippen LogP contribution in [0.25, 0.3) is 10.9 Å². The molecule has 2 N–H and O–H groups in total. The summed E-state index contributed by atoms with van der Waals surface area (Å²) in [6.45, 7) is 2.55. The van der Waals surface area contributed by atoms with Gasteiger partial charge in [0.2, 0.25) is 0 Å². The maximum atomic E-state index is 13.5. The monoisotopic (exact) mass is 385 g/mol. The molecule has 0 spiro atoms. The predicted molar refractivity (Wildman–Crippen MR) is 106 cm³/mol. The Morgan fingerprint density at radius 2 is 1.93 bits per heavy atom. The van der Waals surface area contributed by atoms with Crippen molar-refractivity contribution in [3.63, 3.8) is 0 Å². The first-order valence-corrected chi connectivity index (χ1v) is 9.55. The summed E-state index contributed by atoms with van der Waals surface area (Å²) >= 11 is 6.31. The van der Waals surface area contributed by atoms with E-state index in [2.05, 4.69) is 27.3 Å². The Morgan fingerprint density at radius 3 is 2.67 bits per heavy atom. The molecule has 1 atom stereocenters. The number of hydrogen-bond acceptors (Lipinski definition) is 2. The largest absolute Gasteiger partial charge is 0.349 e. The molecule has 6 heteroatoms. The number of nitrogens with one attached hydrogen (secondary N) is 2. The zero-order valence-electron chi connectivity index (χ0n) is 14.8. The normalized spacial score (nSPS) is 15.9. The molecule has 0 aliphatic carbocycles. The topological polar surface area (TPSA) is 48.1 Å². The minimum atomic E-state index is -0.381. The fraction of sp³-hybridized carbons (Fsp3) is 0.286. The quantitative estimate of drug-likeness (QED) is 0.678. The van der Waals surface area contributed by atoms with Gasteiger partial charge in [0.1, 0.15) is 11.5 Å². The molecule has 27 heavy (non-hydrogen) atoms. The number of likely N-dealkylation sites (tertiary alicyclic amines) is 1. The maximum Gasteiger partial charge on any atom is 0.269 e. The number of carbonyl (C=O) groups excluding carboxylic acids is 1. The van der Waals surface area contributed by atoms with Gasteiger partial charge in [-0.25, -0.2) is 4.39 Å². The third-order valence-electron chi connectivity index (χ3n) is 5.15. The van der Waals surface area contributed by atoms with Crippen LogP contribution in [0, 0.1) is 5.82 Å². The summed E-state index contributed by atoms with van der Waals surface area (Å²) in [6, 6.07) is 14.6. The highest BCUT2D eigenvalue weighted by Gasteiger charge is 2.25. The number of halogens is 2. The number of aromatic nitrogens is 1. The molecule has 2 aromatic carbocycles. The van der Waals surface area contributed by atoms with E-state index in [1.54, 1.807) is 6.07 Å². The number of aromatic amines is 1. The number of nitrogens with zero attached hydrogens (tertiary/aromatic N) is 1. The van der Waals surface area contributed by atoms with Crippen LogP contribution in [0.3, 0.4) is 0 Å². The molecule has 3 aromatic rings. The maximum absolute atomic E-state index is 13.5. The van der Waals surface area contributed by atoms with Gasteiger partial charge in [0.25, 0.3) is 5.91 Å². The van der Waals surface area contributed by atoms with Gasteiger partial charge < -0.3 is 10.3 Å². The Bertz CT molecular complexity index is 951. The predicted octanol–water partition coefficient (Wildman–Crippen LogP) is 4.53. The molecule has 0 radical (unpaired) electrons. The molecule has 2 heterocycles. The second-order valence-corrected chi connectivity index (χ2v) is 7.26. The van der Waals surface area contributed by atoms with E-state index in [1.165, 1.54) is 30.5 Å². The van der Waals surface area contributed by atoms with Crippen molar-refractivity contribution in [2.75, 3.05) is 19.6 Å². The summed E-state index contributed by atoms with van der Waals surface area (Å²) in [7, 11) is 0. The SMILES string of the molecule is O=C(NCC(c1ccccc1)N1CCCC1)c1[nH]c2ccc(F)cc2c1Cl. The number of hydrogen-bond donors (Lipinski definition) is 2. The van der Waals surface area contributed by atoms with Crippen LogP contribution in [0.1, 0.15) is 34.9 Å². The average Bonchev–Trinajstić information content (AvgIpc) is 3.32. The number of amides is 1. The van der Waals surface area contributed by atoms with Gasteiger partial charge in [-0.2, -0.15) is 0 Å². The van der Waals surface area contributed by atoms with E-state index in [1.807, 2.05) is 18.2 Å². The number of benzene rings is 2. The third kappa shape index (κ3) is 3.70. The highest BCUT2D eigenvalue weighted by atomic mass is 35.5. The third-order valence-corrected chi connectivity index (χ3v) is 5.54. The highest BCUT2D eigenvalue weighted by Crippen LogP contribution is 2.29. The van der Waals surface area contributed by atoms with Crippen LogP contribution in [0.2, 0.25) is 5.02 Å². The molecule has 4 rings (SSSR count). The van der Waals surface area contributed by atoms with Crippen molar-refractivity contribution >= 4 is 28.4 Å². The van der Waals surface area contributed by atoms with Gasteiger partial charge in [-0.05, 0) is 49.7 Å². The first-order chi connectivity index (χ1) is 13.1. The Balaban J connectivity index is 1.54. The van der Waals surface area contributed by atoms with Crippen molar-refractivity contribution in [3.05, 3.63) is 70.6 Å². The molecule has 1 aromatic heterocycles. The molecule has 0 bridgehead atoms. The van der Waals surface area contributed by atoms with Crippen LogP contribution in [-0.4, -0.2) is 35.4 Å². The van der Waals surface area contributed by atoms with Crippen molar-refractivity contribution in [1.82, 2.24) is 15.2 Å². The lowest BCUT2D eigenvalue weighted by Gasteiger charge is -2.28. The Morgan fingerprint density at radius 1 is 1.19 bits per heavy atom. The lowest BCUT2D eigenvalue weighted by Crippen LogP contribution is -2.37. The number of rotatable bonds is 5. The zero-order valence-corrected chi connectivity index (χ0v) is 15.6. The standard InChI is InChI=1S/C21H21ClFN3O/c22-19-16-12-15(23)8-9-17(16)25-20(19)21(27)24-13-18(26-10-4-5-11-26)14-6-2-1-3-7-14/h1-3,6-9,12,18,25H,4-5,10-11,13H2,(H,24,27). The second-order valence-electron chi connectivity index (χ2n) is 6.88. The smallest absolute Gasteiger partial charge is 0.269 e. The van der Waals surface area contributed by atoms with Gasteiger partial charge in [0, 0.05) is 17.4 Å². The van der Waals surface area contributed by atoms with Crippen LogP contribution in [0.4, 0.5) is 4.39 Å². The molecular weight excluding hydrogens is 365 g/mol. The van der Waals surface area contributed by atoms with Crippen molar-refractivity contribution in [1.29, 1.82) is 0 Å². The fourth-order valence-corrected chi connectivity index (χ4v) is 4.04. The molecule has 1 unspecified atom stereocenters. The summed E-state index contributed by atoms with van der Waals surface area (Å²) in [5, 5.41) is 3.77. The molecule has 1 amide bonds. The van der Waals surface area contributed by atoms with Crippen LogP contribution in [0.15, 0.2) is 48.5 Å². The summed E-state index contributed by atoms with van der Waals surface area (Å²) in [6.07, 6.45) is 2.35. The average molecular weight is 386 g/mol. The fourth-order valence-electron chi connectivity index (χ4n) is 3.75. The lowest BCUT2D eigenvalue weighted by atomic mass is 10.1. The van der Waals surface area contributed by atoms with Gasteiger partial charge >= 0.3 is 0 Å². The van der Waals surface area contributed by atoms with Gasteiger partial charge in [0.15, 0.2) is 0 Å². The van der Waals surface area contributed by atoms with Crippen LogP contribution >= 0.6 is 11.6 Å². The number of fused-ring (bicyclic) bond motifs is 1. The molecule has 1 fully saturated rings. The van der Waals surface area contributed by atoms with E-state index >= 15 is 0 Å². The van der Waals surface area contributed by atoms with Gasteiger partial charge in [-0.3, -0.25) is 9.69 Å². The Kier molecular flexibility index (Phi) is 5.14. The molecule has 1 saturated heterocycles. The van der Waals surface area contributed by atoms with E-state index in [-0.39, 0.29) is 28.5 Å². The van der Waals surface area contributed by atoms with E-state index < -0.39 is 0 Å². The van der Waals surface area contributed by atoms with E-state index in [4.69, 9.17) is 11.6 Å². The van der Waals surface area contributed by atoms with E-state index in [0.29, 0.717) is 17.4 Å². The van der Waals surface area contributed by atoms with E-state index in [9.17, 15) is 9.18 Å². The Hall–Kier alpha value is -2.37. The second kappa shape index (κ2) is 7.71. The summed E-state index contributed by atoms with van der Waals surface area (Å²) in [5.74, 6) is -0.662. The van der Waals surface area contributed by atoms with Crippen LogP contribution in [-0.2, 0) is 0 Å². The van der Waals surface area contributed by atoms with Crippen molar-refractivity contribution < 1.29 is 9.18 Å². The number of H-pyrrole nitrogens is 1. The van der Waals surface area contributed by atoms with Crippen molar-refractivity contribution in [2.24, 2.45) is 0 Å². The van der Waals surface area contributed by atoms with E-state index in [0.717, 1.165) is 13.1 Å². The molecule has 1 aliphatic heterocycles. The minimum absolute atomic E-state index is 0.123. The number of carbonyl (C=O) groups is 1. The molecule has 140 valence electrons. The zero-order chi connectivity index (χ0) is 18.8. The summed E-state index contributed by atoms with van der Waals surface area (Å²) in [5.41, 5.74) is 2.10. The molecule has 4 nitrogen and oxygen atoms in total. The summed E-state index contributed by atoms with van der Waals surface area (Å²) < 4.78 is 13.5. The van der Waals surface area contributed by atoms with Crippen molar-refractivity contribution in [2.45, 2.75) is 18.9 Å². The van der Waals surface area contributed by atoms with Crippen molar-refractivity contribution in [3.8, 4) is 0 Å². The van der Waals surface area contributed by atoms with Gasteiger partial charge in [0.05, 0.1) is 11.1 Å². The Labute approximate surface area is 162 Å². The molecular formula is C21H21ClFN3O. The van der Waals surface area contributed by atoms with Crippen LogP contribution in [0.5, 0.6) is 0 Å². The minimum Gasteiger partial charge on any atom is -0.349 e. The summed E-state index contributed by atoms with van der Waals surface area (Å²) in [4.78, 5) is 18.1. The molecule has 0 saturated carbocycles. The van der Waals surface area contributed by atoms with Gasteiger partial charge in [-0.15, -0.1) is 0 Å². The van der Waals surface area contributed by atoms with Gasteiger partial charge in [-0.1, -0.05) is 41.9 Å². The van der Waals surface area contributed by atoms with Crippen LogP contribution < -0.4 is 5.32 Å². The first kappa shape index (κ1) is 18.0. The first-order valence-electron chi connectivity index (χ1n) is 9.17. The lowest BCUT2D eigenvalue weighted by molar-refractivity contribution is 0.0934.